The Balaban J connectivity index is 1.54. The Kier molecular flexibility index (Phi) is 6.99. The first-order valence-corrected chi connectivity index (χ1v) is 12.2. The molecule has 7 nitrogen and oxygen atoms in total. The van der Waals surface area contributed by atoms with Gasteiger partial charge in [0.1, 0.15) is 23.1 Å². The van der Waals surface area contributed by atoms with Crippen LogP contribution in [0.15, 0.2) is 35.2 Å². The fraction of sp³-hybridized carbons (Fsp3) is 0.409. The van der Waals surface area contributed by atoms with E-state index in [-0.39, 0.29) is 35.5 Å². The molecule has 0 aromatic heterocycles. The van der Waals surface area contributed by atoms with E-state index in [1.165, 1.54) is 34.6 Å². The summed E-state index contributed by atoms with van der Waals surface area (Å²) in [4.78, 5) is 12.5. The Hall–Kier alpha value is -2.20. The summed E-state index contributed by atoms with van der Waals surface area (Å²) in [6.45, 7) is 0.816. The molecule has 32 heavy (non-hydrogen) atoms. The summed E-state index contributed by atoms with van der Waals surface area (Å²) in [6, 6.07) is 6.54. The number of benzene rings is 2. The smallest absolute Gasteiger partial charge is 0.338 e. The van der Waals surface area contributed by atoms with Crippen molar-refractivity contribution in [3.63, 3.8) is 0 Å². The monoisotopic (exact) mass is 483 g/mol. The number of esters is 1. The van der Waals surface area contributed by atoms with E-state index < -0.39 is 21.8 Å². The van der Waals surface area contributed by atoms with E-state index in [0.29, 0.717) is 30.0 Å². The van der Waals surface area contributed by atoms with Crippen molar-refractivity contribution in [1.29, 1.82) is 0 Å². The summed E-state index contributed by atoms with van der Waals surface area (Å²) in [5.74, 6) is -0.828. The van der Waals surface area contributed by atoms with Gasteiger partial charge in [0.2, 0.25) is 10.0 Å². The van der Waals surface area contributed by atoms with Crippen LogP contribution in [-0.4, -0.2) is 38.6 Å². The number of hydrogen-bond donors (Lipinski definition) is 0. The summed E-state index contributed by atoms with van der Waals surface area (Å²) >= 11 is 6.19. The lowest BCUT2D eigenvalue weighted by Gasteiger charge is -2.21. The average molecular weight is 484 g/mol. The largest absolute Gasteiger partial charge is 0.467 e. The van der Waals surface area contributed by atoms with Crippen LogP contribution in [0.4, 0.5) is 4.39 Å². The molecular weight excluding hydrogens is 461 g/mol. The van der Waals surface area contributed by atoms with Crippen LogP contribution < -0.4 is 4.74 Å². The zero-order valence-corrected chi connectivity index (χ0v) is 18.9. The summed E-state index contributed by atoms with van der Waals surface area (Å²) in [7, 11) is -3.85. The van der Waals surface area contributed by atoms with Crippen molar-refractivity contribution in [2.75, 3.05) is 19.9 Å². The Bertz CT molecular complexity index is 1120. The highest BCUT2D eigenvalue weighted by Crippen LogP contribution is 2.31. The predicted molar refractivity (Wildman–Crippen MR) is 114 cm³/mol. The second-order valence-electron chi connectivity index (χ2n) is 7.70. The lowest BCUT2D eigenvalue weighted by atomic mass is 10.1. The van der Waals surface area contributed by atoms with Gasteiger partial charge in [-0.15, -0.1) is 0 Å². The number of rotatable bonds is 5. The minimum absolute atomic E-state index is 0.0223. The normalized spacial score (nSPS) is 17.2. The standard InChI is InChI=1S/C22H23ClFNO6S/c23-19-6-5-15(11-20(19)32(27,28)25-7-3-1-2-4-8-25)22(26)30-13-17-10-18(24)9-16-12-29-14-31-21(16)17/h5-6,9-11H,1-4,7-8,12-14H2. The van der Waals surface area contributed by atoms with E-state index in [1.54, 1.807) is 0 Å². The molecule has 0 aliphatic carbocycles. The second kappa shape index (κ2) is 9.74. The fourth-order valence-electron chi connectivity index (χ4n) is 3.84. The van der Waals surface area contributed by atoms with Crippen LogP contribution in [0.2, 0.25) is 5.02 Å². The molecule has 0 bridgehead atoms. The van der Waals surface area contributed by atoms with E-state index in [4.69, 9.17) is 25.8 Å². The number of hydrogen-bond acceptors (Lipinski definition) is 6. The van der Waals surface area contributed by atoms with Crippen LogP contribution in [0.5, 0.6) is 5.75 Å². The van der Waals surface area contributed by atoms with E-state index >= 15 is 0 Å². The van der Waals surface area contributed by atoms with Crippen molar-refractivity contribution in [2.24, 2.45) is 0 Å². The highest BCUT2D eigenvalue weighted by molar-refractivity contribution is 7.89. The van der Waals surface area contributed by atoms with Crippen molar-refractivity contribution in [2.45, 2.75) is 43.8 Å². The molecule has 0 atom stereocenters. The summed E-state index contributed by atoms with van der Waals surface area (Å²) < 4.78 is 57.5. The number of halogens is 2. The average Bonchev–Trinajstić information content (AvgIpc) is 3.07. The number of nitrogens with zero attached hydrogens (tertiary/aromatic N) is 1. The molecule has 1 saturated heterocycles. The van der Waals surface area contributed by atoms with Gasteiger partial charge in [0, 0.05) is 24.2 Å². The van der Waals surface area contributed by atoms with Crippen molar-refractivity contribution >= 4 is 27.6 Å². The first kappa shape index (κ1) is 23.0. The topological polar surface area (TPSA) is 82.1 Å². The van der Waals surface area contributed by atoms with Gasteiger partial charge in [0.05, 0.1) is 17.2 Å². The zero-order valence-electron chi connectivity index (χ0n) is 17.3. The maximum Gasteiger partial charge on any atom is 0.338 e. The molecule has 4 rings (SSSR count). The number of sulfonamides is 1. The molecule has 0 N–H and O–H groups in total. The lowest BCUT2D eigenvalue weighted by molar-refractivity contribution is -0.0182. The van der Waals surface area contributed by atoms with E-state index in [2.05, 4.69) is 0 Å². The summed E-state index contributed by atoms with van der Waals surface area (Å²) in [5.41, 5.74) is 0.931. The minimum atomic E-state index is -3.85. The van der Waals surface area contributed by atoms with Gasteiger partial charge in [-0.2, -0.15) is 4.31 Å². The van der Waals surface area contributed by atoms with Crippen molar-refractivity contribution < 1.29 is 31.8 Å². The molecule has 0 amide bonds. The number of fused-ring (bicyclic) bond motifs is 1. The predicted octanol–water partition coefficient (Wildman–Crippen LogP) is 4.27. The zero-order chi connectivity index (χ0) is 22.7. The molecule has 0 radical (unpaired) electrons. The third-order valence-corrected chi connectivity index (χ3v) is 7.84. The third-order valence-electron chi connectivity index (χ3n) is 5.46. The first-order valence-electron chi connectivity index (χ1n) is 10.3. The fourth-order valence-corrected chi connectivity index (χ4v) is 5.86. The van der Waals surface area contributed by atoms with E-state index in [9.17, 15) is 17.6 Å². The van der Waals surface area contributed by atoms with E-state index in [0.717, 1.165) is 25.7 Å². The first-order chi connectivity index (χ1) is 15.4. The summed E-state index contributed by atoms with van der Waals surface area (Å²) in [5, 5.41) is 0.0402. The molecule has 172 valence electrons. The molecule has 0 unspecified atom stereocenters. The van der Waals surface area contributed by atoms with Gasteiger partial charge >= 0.3 is 5.97 Å². The maximum absolute atomic E-state index is 13.9. The van der Waals surface area contributed by atoms with Crippen LogP contribution in [-0.2, 0) is 32.7 Å². The van der Waals surface area contributed by atoms with Gasteiger partial charge in [-0.1, -0.05) is 24.4 Å². The third kappa shape index (κ3) is 4.91. The summed E-state index contributed by atoms with van der Waals surface area (Å²) in [6.07, 6.45) is 3.52. The SMILES string of the molecule is O=C(OCc1cc(F)cc2c1OCOC2)c1ccc(Cl)c(S(=O)(=O)N2CCCCCC2)c1. The molecule has 0 saturated carbocycles. The molecule has 1 fully saturated rings. The highest BCUT2D eigenvalue weighted by Gasteiger charge is 2.28. The van der Waals surface area contributed by atoms with Crippen molar-refractivity contribution in [3.05, 3.63) is 57.9 Å². The number of carbonyl (C=O) groups excluding carboxylic acids is 1. The van der Waals surface area contributed by atoms with Gasteiger partial charge in [-0.05, 0) is 43.2 Å². The Morgan fingerprint density at radius 1 is 1.12 bits per heavy atom. The van der Waals surface area contributed by atoms with Crippen LogP contribution in [0.1, 0.15) is 47.2 Å². The molecule has 2 aliphatic rings. The molecule has 0 spiro atoms. The second-order valence-corrected chi connectivity index (χ2v) is 10.0. The molecule has 2 aromatic carbocycles. The Labute approximate surface area is 191 Å². The van der Waals surface area contributed by atoms with Crippen LogP contribution in [0.25, 0.3) is 0 Å². The maximum atomic E-state index is 13.9. The highest BCUT2D eigenvalue weighted by atomic mass is 35.5. The minimum Gasteiger partial charge on any atom is -0.467 e. The Morgan fingerprint density at radius 3 is 2.62 bits per heavy atom. The van der Waals surface area contributed by atoms with Gasteiger partial charge in [0.15, 0.2) is 6.79 Å². The Morgan fingerprint density at radius 2 is 1.88 bits per heavy atom. The lowest BCUT2D eigenvalue weighted by Crippen LogP contribution is -2.32. The van der Waals surface area contributed by atoms with E-state index in [1.807, 2.05) is 0 Å². The van der Waals surface area contributed by atoms with Gasteiger partial charge < -0.3 is 14.2 Å². The molecule has 2 heterocycles. The molecule has 2 aromatic rings. The number of ether oxygens (including phenoxy) is 3. The van der Waals surface area contributed by atoms with Crippen LogP contribution in [0.3, 0.4) is 0 Å². The molecule has 2 aliphatic heterocycles. The van der Waals surface area contributed by atoms with Crippen molar-refractivity contribution in [1.82, 2.24) is 4.31 Å². The van der Waals surface area contributed by atoms with Crippen LogP contribution >= 0.6 is 11.6 Å². The quantitative estimate of drug-likeness (QED) is 0.591. The van der Waals surface area contributed by atoms with Gasteiger partial charge in [0.25, 0.3) is 0 Å². The van der Waals surface area contributed by atoms with Crippen molar-refractivity contribution in [3.8, 4) is 5.75 Å². The van der Waals surface area contributed by atoms with Gasteiger partial charge in [-0.3, -0.25) is 0 Å². The molecule has 10 heteroatoms. The van der Waals surface area contributed by atoms with Crippen LogP contribution in [0, 0.1) is 5.82 Å². The van der Waals surface area contributed by atoms with Gasteiger partial charge in [-0.25, -0.2) is 17.6 Å². The molecular formula is C22H23ClFNO6S. The number of carbonyl (C=O) groups is 1.